The zero-order valence-corrected chi connectivity index (χ0v) is 13.1. The lowest BCUT2D eigenvalue weighted by Crippen LogP contribution is -2.44. The first-order chi connectivity index (χ1) is 9.78. The molecule has 2 unspecified atom stereocenters. The van der Waals surface area contributed by atoms with E-state index < -0.39 is 11.6 Å². The average molecular weight is 298 g/mol. The molecule has 2 heterocycles. The molecule has 0 bridgehead atoms. The van der Waals surface area contributed by atoms with E-state index in [4.69, 9.17) is 4.74 Å². The summed E-state index contributed by atoms with van der Waals surface area (Å²) in [5.74, 6) is -0.439. The zero-order chi connectivity index (χ0) is 15.6. The van der Waals surface area contributed by atoms with Crippen LogP contribution < -0.4 is 5.32 Å². The van der Waals surface area contributed by atoms with E-state index in [0.29, 0.717) is 25.6 Å². The summed E-state index contributed by atoms with van der Waals surface area (Å²) in [6, 6.07) is 0. The molecule has 2 aliphatic heterocycles. The number of ether oxygens (including phenoxy) is 1. The van der Waals surface area contributed by atoms with Gasteiger partial charge in [-0.05, 0) is 52.0 Å². The van der Waals surface area contributed by atoms with Crippen molar-refractivity contribution in [2.24, 2.45) is 17.8 Å². The van der Waals surface area contributed by atoms with Gasteiger partial charge < -0.3 is 20.1 Å². The number of carbonyl (C=O) groups is 2. The number of piperidine rings is 1. The van der Waals surface area contributed by atoms with Crippen LogP contribution in [0.15, 0.2) is 0 Å². The van der Waals surface area contributed by atoms with Gasteiger partial charge in [-0.2, -0.15) is 0 Å². The van der Waals surface area contributed by atoms with E-state index in [1.165, 1.54) is 0 Å². The first-order valence-corrected chi connectivity index (χ1v) is 7.69. The molecule has 2 rings (SSSR count). The van der Waals surface area contributed by atoms with Gasteiger partial charge in [0.05, 0.1) is 5.92 Å². The maximum Gasteiger partial charge on any atom is 0.410 e. The summed E-state index contributed by atoms with van der Waals surface area (Å²) in [6.07, 6.45) is 1.45. The Labute approximate surface area is 125 Å². The van der Waals surface area contributed by atoms with Gasteiger partial charge in [-0.3, -0.25) is 4.79 Å². The van der Waals surface area contributed by atoms with Crippen molar-refractivity contribution in [3.05, 3.63) is 0 Å². The van der Waals surface area contributed by atoms with Crippen LogP contribution in [-0.2, 0) is 9.53 Å². The Bertz CT molecular complexity index is 397. The van der Waals surface area contributed by atoms with Crippen LogP contribution >= 0.6 is 0 Å². The van der Waals surface area contributed by atoms with Gasteiger partial charge in [0.2, 0.25) is 0 Å². The van der Waals surface area contributed by atoms with Crippen molar-refractivity contribution in [3.8, 4) is 0 Å². The van der Waals surface area contributed by atoms with E-state index in [0.717, 1.165) is 19.4 Å². The third kappa shape index (κ3) is 4.09. The molecular weight excluding hydrogens is 272 g/mol. The summed E-state index contributed by atoms with van der Waals surface area (Å²) >= 11 is 0. The van der Waals surface area contributed by atoms with Crippen molar-refractivity contribution in [3.63, 3.8) is 0 Å². The Morgan fingerprint density at radius 1 is 1.19 bits per heavy atom. The number of carboxylic acid groups (broad SMARTS) is 1. The van der Waals surface area contributed by atoms with Gasteiger partial charge in [-0.25, -0.2) is 4.79 Å². The fraction of sp³-hybridized carbons (Fsp3) is 0.867. The third-order valence-electron chi connectivity index (χ3n) is 4.38. The van der Waals surface area contributed by atoms with E-state index in [9.17, 15) is 14.7 Å². The first-order valence-electron chi connectivity index (χ1n) is 7.69. The molecule has 2 N–H and O–H groups in total. The lowest BCUT2D eigenvalue weighted by Gasteiger charge is -2.36. The molecule has 0 saturated carbocycles. The fourth-order valence-corrected chi connectivity index (χ4v) is 3.30. The number of aliphatic carboxylic acids is 1. The number of nitrogens with zero attached hydrogens (tertiary/aromatic N) is 1. The Morgan fingerprint density at radius 3 is 2.33 bits per heavy atom. The zero-order valence-electron chi connectivity index (χ0n) is 13.1. The fourth-order valence-electron chi connectivity index (χ4n) is 3.30. The Kier molecular flexibility index (Phi) is 4.76. The topological polar surface area (TPSA) is 78.9 Å². The standard InChI is InChI=1S/C15H26N2O4/c1-15(2,3)21-14(20)17-6-4-10(5-7-17)11-8-16-9-12(11)13(18)19/h10-12,16H,4-9H2,1-3H3,(H,18,19). The highest BCUT2D eigenvalue weighted by atomic mass is 16.6. The molecular formula is C15H26N2O4. The number of amides is 1. The minimum Gasteiger partial charge on any atom is -0.481 e. The predicted molar refractivity (Wildman–Crippen MR) is 78.0 cm³/mol. The summed E-state index contributed by atoms with van der Waals surface area (Å²) in [5, 5.41) is 12.4. The number of carbonyl (C=O) groups excluding carboxylic acids is 1. The molecule has 0 aromatic rings. The molecule has 0 aromatic carbocycles. The van der Waals surface area contributed by atoms with Crippen molar-refractivity contribution in [2.75, 3.05) is 26.2 Å². The van der Waals surface area contributed by atoms with Crippen LogP contribution in [0.5, 0.6) is 0 Å². The normalized spacial score (nSPS) is 27.7. The molecule has 21 heavy (non-hydrogen) atoms. The average Bonchev–Trinajstić information content (AvgIpc) is 2.86. The highest BCUT2D eigenvalue weighted by molar-refractivity contribution is 5.71. The maximum atomic E-state index is 12.0. The van der Waals surface area contributed by atoms with Crippen LogP contribution in [0.4, 0.5) is 4.79 Å². The summed E-state index contributed by atoms with van der Waals surface area (Å²) in [5.41, 5.74) is -0.474. The second-order valence-electron chi connectivity index (χ2n) is 7.07. The number of rotatable bonds is 2. The lowest BCUT2D eigenvalue weighted by molar-refractivity contribution is -0.143. The molecule has 2 aliphatic rings. The Morgan fingerprint density at radius 2 is 1.81 bits per heavy atom. The van der Waals surface area contributed by atoms with Crippen molar-refractivity contribution in [2.45, 2.75) is 39.2 Å². The summed E-state index contributed by atoms with van der Waals surface area (Å²) < 4.78 is 5.38. The van der Waals surface area contributed by atoms with Crippen LogP contribution in [-0.4, -0.2) is 53.8 Å². The molecule has 2 fully saturated rings. The molecule has 0 aliphatic carbocycles. The summed E-state index contributed by atoms with van der Waals surface area (Å²) in [6.45, 7) is 8.23. The third-order valence-corrected chi connectivity index (χ3v) is 4.38. The smallest absolute Gasteiger partial charge is 0.410 e. The largest absolute Gasteiger partial charge is 0.481 e. The monoisotopic (exact) mass is 298 g/mol. The van der Waals surface area contributed by atoms with Gasteiger partial charge in [0.15, 0.2) is 0 Å². The molecule has 0 aromatic heterocycles. The van der Waals surface area contributed by atoms with Crippen LogP contribution in [0.2, 0.25) is 0 Å². The van der Waals surface area contributed by atoms with Gasteiger partial charge in [0.1, 0.15) is 5.60 Å². The molecule has 0 radical (unpaired) electrons. The van der Waals surface area contributed by atoms with E-state index in [1.807, 2.05) is 20.8 Å². The van der Waals surface area contributed by atoms with Crippen LogP contribution in [0, 0.1) is 17.8 Å². The first kappa shape index (κ1) is 16.1. The van der Waals surface area contributed by atoms with Crippen LogP contribution in [0.25, 0.3) is 0 Å². The van der Waals surface area contributed by atoms with E-state index >= 15 is 0 Å². The van der Waals surface area contributed by atoms with Gasteiger partial charge in [0, 0.05) is 19.6 Å². The van der Waals surface area contributed by atoms with E-state index in [1.54, 1.807) is 4.90 Å². The molecule has 6 heteroatoms. The second-order valence-corrected chi connectivity index (χ2v) is 7.07. The molecule has 1 amide bonds. The number of likely N-dealkylation sites (tertiary alicyclic amines) is 1. The van der Waals surface area contributed by atoms with Gasteiger partial charge in [0.25, 0.3) is 0 Å². The highest BCUT2D eigenvalue weighted by Gasteiger charge is 2.39. The minimum absolute atomic E-state index is 0.184. The van der Waals surface area contributed by atoms with Crippen molar-refractivity contribution in [1.82, 2.24) is 10.2 Å². The SMILES string of the molecule is CC(C)(C)OC(=O)N1CCC(C2CNCC2C(=O)O)CC1. The number of hydrogen-bond donors (Lipinski definition) is 2. The van der Waals surface area contributed by atoms with Gasteiger partial charge in [-0.1, -0.05) is 0 Å². The quantitative estimate of drug-likeness (QED) is 0.808. The molecule has 2 atom stereocenters. The summed E-state index contributed by atoms with van der Waals surface area (Å²) in [4.78, 5) is 25.0. The van der Waals surface area contributed by atoms with Crippen molar-refractivity contribution >= 4 is 12.1 Å². The van der Waals surface area contributed by atoms with Crippen LogP contribution in [0.3, 0.4) is 0 Å². The number of carboxylic acids is 1. The van der Waals surface area contributed by atoms with Crippen molar-refractivity contribution in [1.29, 1.82) is 0 Å². The van der Waals surface area contributed by atoms with E-state index in [2.05, 4.69) is 5.32 Å². The Balaban J connectivity index is 1.86. The lowest BCUT2D eigenvalue weighted by atomic mass is 9.78. The second kappa shape index (κ2) is 6.22. The summed E-state index contributed by atoms with van der Waals surface area (Å²) in [7, 11) is 0. The van der Waals surface area contributed by atoms with Gasteiger partial charge >= 0.3 is 12.1 Å². The molecule has 2 saturated heterocycles. The van der Waals surface area contributed by atoms with E-state index in [-0.39, 0.29) is 17.9 Å². The maximum absolute atomic E-state index is 12.0. The molecule has 120 valence electrons. The minimum atomic E-state index is -0.709. The number of nitrogens with one attached hydrogen (secondary N) is 1. The Hall–Kier alpha value is -1.30. The number of hydrogen-bond acceptors (Lipinski definition) is 4. The van der Waals surface area contributed by atoms with Crippen molar-refractivity contribution < 1.29 is 19.4 Å². The molecule has 6 nitrogen and oxygen atoms in total. The van der Waals surface area contributed by atoms with Crippen LogP contribution in [0.1, 0.15) is 33.6 Å². The predicted octanol–water partition coefficient (Wildman–Crippen LogP) is 1.55. The van der Waals surface area contributed by atoms with Gasteiger partial charge in [-0.15, -0.1) is 0 Å². The molecule has 0 spiro atoms. The highest BCUT2D eigenvalue weighted by Crippen LogP contribution is 2.33.